The molecule has 2 aromatic rings. The fourth-order valence-corrected chi connectivity index (χ4v) is 3.26. The number of carbonyl (C=O) groups is 2. The molecule has 138 valence electrons. The minimum Gasteiger partial charge on any atom is -0.465 e. The van der Waals surface area contributed by atoms with Gasteiger partial charge in [-0.25, -0.2) is 27.7 Å². The SMILES string of the molecule is COC(=O)c1ccccc1S(=O)(=O)NC(=O)Nc1c(Cl)ncc(=O)n1C. The molecule has 2 N–H and O–H groups in total. The molecule has 0 atom stereocenters. The van der Waals surface area contributed by atoms with Crippen LogP contribution in [-0.4, -0.2) is 37.1 Å². The number of sulfonamides is 1. The summed E-state index contributed by atoms with van der Waals surface area (Å²) in [6.45, 7) is 0. The van der Waals surface area contributed by atoms with Gasteiger partial charge in [0.05, 0.1) is 18.9 Å². The van der Waals surface area contributed by atoms with E-state index in [9.17, 15) is 22.8 Å². The summed E-state index contributed by atoms with van der Waals surface area (Å²) in [5.74, 6) is -1.09. The number of carbonyl (C=O) groups excluding carboxylic acids is 2. The quantitative estimate of drug-likeness (QED) is 0.722. The van der Waals surface area contributed by atoms with Crippen molar-refractivity contribution >= 4 is 39.4 Å². The molecule has 0 saturated carbocycles. The number of hydrogen-bond donors (Lipinski definition) is 2. The third-order valence-electron chi connectivity index (χ3n) is 3.19. The number of ether oxygens (including phenoxy) is 1. The standard InChI is InChI=1S/C14H13ClN4O6S/c1-19-10(20)7-16-11(15)12(19)17-14(22)18-26(23,24)9-6-4-3-5-8(9)13(21)25-2/h3-7H,1-2H3,(H2,17,18,22). The average Bonchev–Trinajstić information content (AvgIpc) is 2.61. The Balaban J connectivity index is 2.31. The Morgan fingerprint density at radius 1 is 1.27 bits per heavy atom. The third kappa shape index (κ3) is 4.00. The van der Waals surface area contributed by atoms with Gasteiger partial charge >= 0.3 is 12.0 Å². The number of rotatable bonds is 4. The van der Waals surface area contributed by atoms with Crippen LogP contribution in [0.2, 0.25) is 5.15 Å². The number of benzene rings is 1. The summed E-state index contributed by atoms with van der Waals surface area (Å²) < 4.78 is 32.1. The molecule has 0 aliphatic carbocycles. The first-order chi connectivity index (χ1) is 12.2. The van der Waals surface area contributed by atoms with Gasteiger partial charge in [-0.3, -0.25) is 14.7 Å². The zero-order chi connectivity index (χ0) is 19.5. The van der Waals surface area contributed by atoms with Crippen LogP contribution in [0.4, 0.5) is 10.6 Å². The second kappa shape index (κ2) is 7.54. The summed E-state index contributed by atoms with van der Waals surface area (Å²) in [4.78, 5) is 38.4. The summed E-state index contributed by atoms with van der Waals surface area (Å²) >= 11 is 5.80. The molecular weight excluding hydrogens is 388 g/mol. The molecule has 2 amide bonds. The normalized spacial score (nSPS) is 10.9. The van der Waals surface area contributed by atoms with E-state index in [1.54, 1.807) is 4.72 Å². The van der Waals surface area contributed by atoms with Crippen molar-refractivity contribution in [2.75, 3.05) is 12.4 Å². The van der Waals surface area contributed by atoms with Crippen molar-refractivity contribution in [3.63, 3.8) is 0 Å². The smallest absolute Gasteiger partial charge is 0.339 e. The van der Waals surface area contributed by atoms with Crippen LogP contribution in [0.25, 0.3) is 0 Å². The highest BCUT2D eigenvalue weighted by atomic mass is 35.5. The van der Waals surface area contributed by atoms with Crippen molar-refractivity contribution in [3.05, 3.63) is 51.5 Å². The first-order valence-corrected chi connectivity index (χ1v) is 8.76. The molecule has 0 saturated heterocycles. The number of anilines is 1. The Morgan fingerprint density at radius 3 is 2.58 bits per heavy atom. The number of amides is 2. The highest BCUT2D eigenvalue weighted by Gasteiger charge is 2.25. The van der Waals surface area contributed by atoms with Gasteiger partial charge in [0, 0.05) is 7.05 Å². The van der Waals surface area contributed by atoms with E-state index in [1.807, 2.05) is 0 Å². The van der Waals surface area contributed by atoms with Gasteiger partial charge in [0.1, 0.15) is 4.90 Å². The summed E-state index contributed by atoms with van der Waals surface area (Å²) in [5, 5.41) is 1.92. The minimum absolute atomic E-state index is 0.201. The maximum Gasteiger partial charge on any atom is 0.339 e. The van der Waals surface area contributed by atoms with Crippen molar-refractivity contribution in [2.24, 2.45) is 7.05 Å². The average molecular weight is 401 g/mol. The van der Waals surface area contributed by atoms with Crippen LogP contribution in [0.5, 0.6) is 0 Å². The summed E-state index contributed by atoms with van der Waals surface area (Å²) in [6, 6.07) is 3.99. The van der Waals surface area contributed by atoms with Gasteiger partial charge in [0.15, 0.2) is 11.0 Å². The van der Waals surface area contributed by atoms with Crippen molar-refractivity contribution in [1.82, 2.24) is 14.3 Å². The van der Waals surface area contributed by atoms with E-state index in [1.165, 1.54) is 25.2 Å². The monoisotopic (exact) mass is 400 g/mol. The molecule has 0 aliphatic heterocycles. The molecule has 0 radical (unpaired) electrons. The van der Waals surface area contributed by atoms with E-state index in [-0.39, 0.29) is 16.5 Å². The van der Waals surface area contributed by atoms with Gasteiger partial charge in [-0.15, -0.1) is 0 Å². The Bertz CT molecular complexity index is 1030. The van der Waals surface area contributed by atoms with E-state index in [2.05, 4.69) is 15.0 Å². The van der Waals surface area contributed by atoms with Crippen molar-refractivity contribution in [3.8, 4) is 0 Å². The number of nitrogens with one attached hydrogen (secondary N) is 2. The largest absolute Gasteiger partial charge is 0.465 e. The zero-order valence-corrected chi connectivity index (χ0v) is 15.1. The number of hydrogen-bond acceptors (Lipinski definition) is 7. The van der Waals surface area contributed by atoms with Crippen LogP contribution in [0.3, 0.4) is 0 Å². The maximum absolute atomic E-state index is 12.4. The number of urea groups is 1. The van der Waals surface area contributed by atoms with E-state index in [0.717, 1.165) is 23.9 Å². The van der Waals surface area contributed by atoms with Crippen molar-refractivity contribution < 1.29 is 22.7 Å². The van der Waals surface area contributed by atoms with Crippen LogP contribution in [0.15, 0.2) is 40.2 Å². The molecule has 12 heteroatoms. The van der Waals surface area contributed by atoms with Crippen LogP contribution in [0.1, 0.15) is 10.4 Å². The summed E-state index contributed by atoms with van der Waals surface area (Å²) in [6.07, 6.45) is 0.939. The molecule has 0 fully saturated rings. The number of esters is 1. The van der Waals surface area contributed by atoms with Crippen molar-refractivity contribution in [1.29, 1.82) is 0 Å². The van der Waals surface area contributed by atoms with Gasteiger partial charge in [-0.2, -0.15) is 0 Å². The molecule has 0 spiro atoms. The predicted molar refractivity (Wildman–Crippen MR) is 91.6 cm³/mol. The Kier molecular flexibility index (Phi) is 5.63. The zero-order valence-electron chi connectivity index (χ0n) is 13.5. The first kappa shape index (κ1) is 19.4. The molecule has 1 aromatic carbocycles. The van der Waals surface area contributed by atoms with Gasteiger partial charge in [0.25, 0.3) is 15.6 Å². The number of halogens is 1. The highest BCUT2D eigenvalue weighted by molar-refractivity contribution is 7.90. The van der Waals surface area contributed by atoms with Crippen LogP contribution < -0.4 is 15.6 Å². The Morgan fingerprint density at radius 2 is 1.92 bits per heavy atom. The summed E-state index contributed by atoms with van der Waals surface area (Å²) in [5.41, 5.74) is -0.814. The van der Waals surface area contributed by atoms with E-state index < -0.39 is 32.5 Å². The van der Waals surface area contributed by atoms with E-state index in [0.29, 0.717) is 0 Å². The fourth-order valence-electron chi connectivity index (χ4n) is 1.93. The molecule has 2 rings (SSSR count). The molecule has 1 aromatic heterocycles. The number of methoxy groups -OCH3 is 1. The molecule has 0 unspecified atom stereocenters. The van der Waals surface area contributed by atoms with Gasteiger partial charge in [0.2, 0.25) is 0 Å². The lowest BCUT2D eigenvalue weighted by molar-refractivity contribution is 0.0596. The topological polar surface area (TPSA) is 136 Å². The molecule has 26 heavy (non-hydrogen) atoms. The van der Waals surface area contributed by atoms with Crippen LogP contribution in [-0.2, 0) is 21.8 Å². The second-order valence-electron chi connectivity index (χ2n) is 4.84. The molecule has 0 bridgehead atoms. The van der Waals surface area contributed by atoms with E-state index in [4.69, 9.17) is 11.6 Å². The van der Waals surface area contributed by atoms with Gasteiger partial charge in [-0.05, 0) is 12.1 Å². The maximum atomic E-state index is 12.4. The van der Waals surface area contributed by atoms with Crippen molar-refractivity contribution in [2.45, 2.75) is 4.90 Å². The fraction of sp³-hybridized carbons (Fsp3) is 0.143. The third-order valence-corrected chi connectivity index (χ3v) is 4.86. The molecule has 10 nitrogen and oxygen atoms in total. The van der Waals surface area contributed by atoms with Gasteiger partial charge < -0.3 is 4.74 Å². The molecular formula is C14H13ClN4O6S. The van der Waals surface area contributed by atoms with E-state index >= 15 is 0 Å². The molecule has 1 heterocycles. The minimum atomic E-state index is -4.41. The van der Waals surface area contributed by atoms with Crippen LogP contribution in [0, 0.1) is 0 Å². The lowest BCUT2D eigenvalue weighted by atomic mass is 10.2. The lowest BCUT2D eigenvalue weighted by Gasteiger charge is -2.13. The number of nitrogens with zero attached hydrogens (tertiary/aromatic N) is 2. The lowest BCUT2D eigenvalue weighted by Crippen LogP contribution is -2.36. The summed E-state index contributed by atoms with van der Waals surface area (Å²) in [7, 11) is -2.01. The Hall–Kier alpha value is -2.92. The number of aromatic nitrogens is 2. The van der Waals surface area contributed by atoms with Gasteiger partial charge in [-0.1, -0.05) is 23.7 Å². The Labute approximate surface area is 152 Å². The first-order valence-electron chi connectivity index (χ1n) is 6.90. The molecule has 0 aliphatic rings. The predicted octanol–water partition coefficient (Wildman–Crippen LogP) is 0.731. The van der Waals surface area contributed by atoms with Crippen LogP contribution >= 0.6 is 11.6 Å². The second-order valence-corrected chi connectivity index (χ2v) is 6.85. The highest BCUT2D eigenvalue weighted by Crippen LogP contribution is 2.18.